The summed E-state index contributed by atoms with van der Waals surface area (Å²) in [6.07, 6.45) is 40.2. The molecule has 0 rings (SSSR count). The maximum absolute atomic E-state index is 12.0. The maximum Gasteiger partial charge on any atom is 0.305 e. The Hall–Kier alpha value is -1.10. The van der Waals surface area contributed by atoms with Gasteiger partial charge < -0.3 is 14.6 Å². The van der Waals surface area contributed by atoms with Crippen molar-refractivity contribution in [1.82, 2.24) is 0 Å². The summed E-state index contributed by atoms with van der Waals surface area (Å²) in [5.74, 6) is 1.16. The summed E-state index contributed by atoms with van der Waals surface area (Å²) in [4.78, 5) is 24.0. The van der Waals surface area contributed by atoms with E-state index in [-0.39, 0.29) is 25.2 Å². The second-order valence-electron chi connectivity index (χ2n) is 16.1. The number of unbranched alkanes of at least 4 members (excludes halogenated alkanes) is 27. The van der Waals surface area contributed by atoms with Crippen molar-refractivity contribution in [2.45, 2.75) is 246 Å². The lowest BCUT2D eigenvalue weighted by molar-refractivity contribution is -0.152. The monoisotopic (exact) mass is 695 g/mol. The summed E-state index contributed by atoms with van der Waals surface area (Å²) in [6.45, 7) is 9.05. The van der Waals surface area contributed by atoms with Gasteiger partial charge in [-0.15, -0.1) is 0 Å². The van der Waals surface area contributed by atoms with Gasteiger partial charge in [0.15, 0.2) is 0 Å². The Kier molecular flexibility index (Phi) is 37.3. The first-order chi connectivity index (χ1) is 23.8. The number of hydrogen-bond donors (Lipinski definition) is 1. The van der Waals surface area contributed by atoms with E-state index >= 15 is 0 Å². The van der Waals surface area contributed by atoms with Gasteiger partial charge in [-0.1, -0.05) is 214 Å². The molecule has 0 unspecified atom stereocenters. The van der Waals surface area contributed by atoms with Crippen LogP contribution in [0.2, 0.25) is 0 Å². The largest absolute Gasteiger partial charge is 0.463 e. The highest BCUT2D eigenvalue weighted by Crippen LogP contribution is 2.17. The smallest absolute Gasteiger partial charge is 0.305 e. The average Bonchev–Trinajstić information content (AvgIpc) is 3.07. The molecule has 0 fully saturated rings. The Bertz CT molecular complexity index is 691. The van der Waals surface area contributed by atoms with Gasteiger partial charge in [0.2, 0.25) is 0 Å². The fourth-order valence-corrected chi connectivity index (χ4v) is 6.63. The zero-order valence-electron chi connectivity index (χ0n) is 33.6. The molecule has 0 amide bonds. The molecule has 0 radical (unpaired) electrons. The van der Waals surface area contributed by atoms with Gasteiger partial charge >= 0.3 is 11.9 Å². The maximum atomic E-state index is 12.0. The first-order valence-electron chi connectivity index (χ1n) is 21.8. The third-order valence-corrected chi connectivity index (χ3v) is 9.95. The lowest BCUT2D eigenvalue weighted by Crippen LogP contribution is -2.25. The van der Waals surface area contributed by atoms with E-state index in [1.54, 1.807) is 0 Å². The van der Waals surface area contributed by atoms with Gasteiger partial charge in [0.25, 0.3) is 0 Å². The van der Waals surface area contributed by atoms with Gasteiger partial charge in [-0.2, -0.15) is 0 Å². The fourth-order valence-electron chi connectivity index (χ4n) is 6.63. The minimum absolute atomic E-state index is 0.108. The fraction of sp³-hybridized carbons (Fsp3) is 0.955. The molecule has 1 N–H and O–H groups in total. The SMILES string of the molecule is CC(C)CCCCCCCCCCCCCCCCCCC(=O)OC[C@H](O)COC(=O)CCCCCCCCCCCCCCCC(C)C. The van der Waals surface area contributed by atoms with E-state index in [9.17, 15) is 14.7 Å². The van der Waals surface area contributed by atoms with Crippen LogP contribution in [0.15, 0.2) is 0 Å². The van der Waals surface area contributed by atoms with Crippen molar-refractivity contribution in [2.75, 3.05) is 13.2 Å². The Labute approximate surface area is 306 Å². The van der Waals surface area contributed by atoms with Crippen LogP contribution in [0, 0.1) is 11.8 Å². The molecule has 0 saturated carbocycles. The molecule has 0 bridgehead atoms. The van der Waals surface area contributed by atoms with Crippen LogP contribution in [0.5, 0.6) is 0 Å². The minimum atomic E-state index is -0.956. The Balaban J connectivity index is 3.36. The van der Waals surface area contributed by atoms with Crippen molar-refractivity contribution >= 4 is 11.9 Å². The third kappa shape index (κ3) is 41.2. The topological polar surface area (TPSA) is 72.8 Å². The molecule has 0 heterocycles. The number of esters is 2. The Morgan fingerprint density at radius 1 is 0.367 bits per heavy atom. The van der Waals surface area contributed by atoms with Crippen molar-refractivity contribution in [3.8, 4) is 0 Å². The molecule has 0 aromatic carbocycles. The van der Waals surface area contributed by atoms with Gasteiger partial charge in [0.1, 0.15) is 19.3 Å². The van der Waals surface area contributed by atoms with Crippen LogP contribution in [0.1, 0.15) is 240 Å². The molecule has 1 atom stereocenters. The molecule has 0 aliphatic rings. The second-order valence-corrected chi connectivity index (χ2v) is 16.1. The highest BCUT2D eigenvalue weighted by molar-refractivity contribution is 5.69. The molecule has 0 aromatic rings. The van der Waals surface area contributed by atoms with Crippen LogP contribution in [0.3, 0.4) is 0 Å². The zero-order chi connectivity index (χ0) is 36.0. The quantitative estimate of drug-likeness (QED) is 0.0512. The van der Waals surface area contributed by atoms with Crippen molar-refractivity contribution < 1.29 is 24.2 Å². The summed E-state index contributed by atoms with van der Waals surface area (Å²) >= 11 is 0. The number of hydrogen-bond acceptors (Lipinski definition) is 5. The van der Waals surface area contributed by atoms with Gasteiger partial charge in [-0.25, -0.2) is 0 Å². The van der Waals surface area contributed by atoms with E-state index in [1.165, 1.54) is 173 Å². The summed E-state index contributed by atoms with van der Waals surface area (Å²) in [5.41, 5.74) is 0. The number of carbonyl (C=O) groups excluding carboxylic acids is 2. The predicted octanol–water partition coefficient (Wildman–Crippen LogP) is 13.6. The molecule has 0 aliphatic heterocycles. The summed E-state index contributed by atoms with van der Waals surface area (Å²) in [6, 6.07) is 0. The van der Waals surface area contributed by atoms with E-state index in [0.717, 1.165) is 37.5 Å². The van der Waals surface area contributed by atoms with E-state index in [2.05, 4.69) is 27.7 Å². The lowest BCUT2D eigenvalue weighted by atomic mass is 10.0. The van der Waals surface area contributed by atoms with E-state index in [4.69, 9.17) is 9.47 Å². The summed E-state index contributed by atoms with van der Waals surface area (Å²) in [5, 5.41) is 10.0. The molecule has 0 aliphatic carbocycles. The van der Waals surface area contributed by atoms with Gasteiger partial charge in [0, 0.05) is 12.8 Å². The number of aliphatic hydroxyl groups excluding tert-OH is 1. The average molecular weight is 695 g/mol. The van der Waals surface area contributed by atoms with Gasteiger partial charge in [-0.05, 0) is 24.7 Å². The van der Waals surface area contributed by atoms with Crippen LogP contribution in [0.4, 0.5) is 0 Å². The normalized spacial score (nSPS) is 12.2. The van der Waals surface area contributed by atoms with Crippen molar-refractivity contribution in [1.29, 1.82) is 0 Å². The van der Waals surface area contributed by atoms with E-state index in [1.807, 2.05) is 0 Å². The molecule has 5 nitrogen and oxygen atoms in total. The highest BCUT2D eigenvalue weighted by atomic mass is 16.6. The van der Waals surface area contributed by atoms with E-state index < -0.39 is 6.10 Å². The van der Waals surface area contributed by atoms with Crippen LogP contribution < -0.4 is 0 Å². The first-order valence-corrected chi connectivity index (χ1v) is 21.8. The predicted molar refractivity (Wildman–Crippen MR) is 210 cm³/mol. The standard InChI is InChI=1S/C44H86O5/c1-40(2)34-30-26-22-18-14-10-7-5-6-8-12-16-20-24-28-32-36-43(46)48-38-42(45)39-49-44(47)37-33-29-25-21-17-13-9-11-15-19-23-27-31-35-41(3)4/h40-42,45H,5-39H2,1-4H3/t42-/m0/s1. The molecule has 0 aromatic heterocycles. The molecular weight excluding hydrogens is 608 g/mol. The summed E-state index contributed by atoms with van der Waals surface area (Å²) < 4.78 is 10.4. The van der Waals surface area contributed by atoms with Crippen LogP contribution >= 0.6 is 0 Å². The van der Waals surface area contributed by atoms with Crippen molar-refractivity contribution in [3.05, 3.63) is 0 Å². The first kappa shape index (κ1) is 47.9. The number of rotatable bonds is 39. The van der Waals surface area contributed by atoms with Crippen LogP contribution in [0.25, 0.3) is 0 Å². The molecule has 0 saturated heterocycles. The van der Waals surface area contributed by atoms with Crippen LogP contribution in [-0.2, 0) is 19.1 Å². The van der Waals surface area contributed by atoms with E-state index in [0.29, 0.717) is 12.8 Å². The molecule has 292 valence electrons. The number of carbonyl (C=O) groups is 2. The zero-order valence-corrected chi connectivity index (χ0v) is 33.6. The molecule has 49 heavy (non-hydrogen) atoms. The number of aliphatic hydroxyl groups is 1. The second kappa shape index (κ2) is 38.1. The summed E-state index contributed by atoms with van der Waals surface area (Å²) in [7, 11) is 0. The highest BCUT2D eigenvalue weighted by Gasteiger charge is 2.12. The Morgan fingerprint density at radius 2 is 0.571 bits per heavy atom. The van der Waals surface area contributed by atoms with Crippen molar-refractivity contribution in [2.24, 2.45) is 11.8 Å². The molecule has 0 spiro atoms. The van der Waals surface area contributed by atoms with Crippen molar-refractivity contribution in [3.63, 3.8) is 0 Å². The molecular formula is C44H86O5. The molecule has 5 heteroatoms. The third-order valence-electron chi connectivity index (χ3n) is 9.95. The lowest BCUT2D eigenvalue weighted by Gasteiger charge is -2.12. The minimum Gasteiger partial charge on any atom is -0.463 e. The Morgan fingerprint density at radius 3 is 0.796 bits per heavy atom. The number of ether oxygens (including phenoxy) is 2. The van der Waals surface area contributed by atoms with Gasteiger partial charge in [0.05, 0.1) is 0 Å². The van der Waals surface area contributed by atoms with Gasteiger partial charge in [-0.3, -0.25) is 9.59 Å². The van der Waals surface area contributed by atoms with Crippen LogP contribution in [-0.4, -0.2) is 36.4 Å².